The van der Waals surface area contributed by atoms with Crippen molar-refractivity contribution in [3.8, 4) is 0 Å². The molecule has 1 aromatic rings. The van der Waals surface area contributed by atoms with Gasteiger partial charge in [0.15, 0.2) is 5.41 Å². The van der Waals surface area contributed by atoms with Crippen LogP contribution in [0, 0.1) is 11.3 Å². The predicted octanol–water partition coefficient (Wildman–Crippen LogP) is 2.54. The monoisotopic (exact) mass is 458 g/mol. The maximum atomic E-state index is 13.1. The number of halogens is 2. The van der Waals surface area contributed by atoms with E-state index in [1.165, 1.54) is 7.11 Å². The van der Waals surface area contributed by atoms with E-state index in [1.54, 1.807) is 0 Å². The number of fused-ring (bicyclic) bond motifs is 1. The van der Waals surface area contributed by atoms with E-state index in [9.17, 15) is 9.59 Å². The molecule has 0 amide bonds. The molecular weight excluding hydrogens is 444 g/mol. The van der Waals surface area contributed by atoms with Gasteiger partial charge in [0.25, 0.3) is 0 Å². The van der Waals surface area contributed by atoms with Crippen LogP contribution >= 0.6 is 31.9 Å². The van der Waals surface area contributed by atoms with E-state index >= 15 is 0 Å². The number of hydrogen-bond acceptors (Lipinski definition) is 5. The third kappa shape index (κ3) is 1.73. The lowest BCUT2D eigenvalue weighted by atomic mass is 9.51. The van der Waals surface area contributed by atoms with E-state index in [0.717, 1.165) is 5.56 Å². The average molecular weight is 460 g/mol. The molecule has 2 saturated heterocycles. The summed E-state index contributed by atoms with van der Waals surface area (Å²) >= 11 is 7.41. The van der Waals surface area contributed by atoms with Crippen LogP contribution in [0.4, 0.5) is 0 Å². The Morgan fingerprint density at radius 2 is 2.00 bits per heavy atom. The van der Waals surface area contributed by atoms with Crippen LogP contribution in [0.5, 0.6) is 0 Å². The van der Waals surface area contributed by atoms with Gasteiger partial charge in [-0.1, -0.05) is 62.2 Å². The lowest BCUT2D eigenvalue weighted by Gasteiger charge is -2.56. The molecule has 0 aromatic heterocycles. The van der Waals surface area contributed by atoms with Gasteiger partial charge in [-0.25, -0.2) is 0 Å². The number of carbonyl (C=O) groups is 2. The van der Waals surface area contributed by atoms with Crippen molar-refractivity contribution in [3.05, 3.63) is 35.9 Å². The molecule has 128 valence electrons. The third-order valence-corrected chi connectivity index (χ3v) is 8.21. The van der Waals surface area contributed by atoms with Gasteiger partial charge in [0.1, 0.15) is 0 Å². The molecule has 1 aromatic carbocycles. The Hall–Kier alpha value is -0.920. The van der Waals surface area contributed by atoms with Gasteiger partial charge < -0.3 is 14.2 Å². The predicted molar refractivity (Wildman–Crippen MR) is 91.9 cm³/mol. The molecule has 1 saturated carbocycles. The third-order valence-electron chi connectivity index (χ3n) is 5.69. The highest BCUT2D eigenvalue weighted by molar-refractivity contribution is 9.10. The highest BCUT2D eigenvalue weighted by Gasteiger charge is 2.79. The smallest absolute Gasteiger partial charge is 0.320 e. The topological polar surface area (TPSA) is 61.8 Å². The number of alkyl halides is 2. The summed E-state index contributed by atoms with van der Waals surface area (Å²) in [4.78, 5) is 24.9. The molecular formula is C17H16Br2O5. The summed E-state index contributed by atoms with van der Waals surface area (Å²) in [5, 5.41) is 0. The first-order valence-corrected chi connectivity index (χ1v) is 9.57. The standard InChI is InChI=1S/C17H16Br2O5/c1-22-14(21)17-12(19)10-7-11(18)16(17,9-5-3-2-4-6-9)8-23-15(17)24-13(10)20/h2-6,10-12,15H,7-8H2,1H3/t10-,11+,12-,15-,16-,17-/m1/s1. The largest absolute Gasteiger partial charge is 0.468 e. The lowest BCUT2D eigenvalue weighted by Crippen LogP contribution is -2.71. The molecule has 2 heterocycles. The van der Waals surface area contributed by atoms with Gasteiger partial charge >= 0.3 is 11.9 Å². The van der Waals surface area contributed by atoms with Crippen LogP contribution in [0.3, 0.4) is 0 Å². The fourth-order valence-corrected chi connectivity index (χ4v) is 7.01. The number of rotatable bonds is 2. The number of ether oxygens (including phenoxy) is 3. The van der Waals surface area contributed by atoms with E-state index in [4.69, 9.17) is 14.2 Å². The summed E-state index contributed by atoms with van der Waals surface area (Å²) in [5.41, 5.74) is -0.841. The van der Waals surface area contributed by atoms with Crippen LogP contribution in [-0.4, -0.2) is 41.6 Å². The first-order valence-electron chi connectivity index (χ1n) is 7.74. The highest BCUT2D eigenvalue weighted by Crippen LogP contribution is 2.66. The van der Waals surface area contributed by atoms with Gasteiger partial charge in [0.2, 0.25) is 6.29 Å². The summed E-state index contributed by atoms with van der Waals surface area (Å²) < 4.78 is 16.6. The van der Waals surface area contributed by atoms with Crippen LogP contribution < -0.4 is 0 Å². The van der Waals surface area contributed by atoms with Crippen molar-refractivity contribution in [2.24, 2.45) is 11.3 Å². The van der Waals surface area contributed by atoms with Crippen LogP contribution in [0.15, 0.2) is 30.3 Å². The molecule has 4 rings (SSSR count). The van der Waals surface area contributed by atoms with Gasteiger partial charge in [-0.15, -0.1) is 0 Å². The van der Waals surface area contributed by atoms with E-state index < -0.39 is 33.8 Å². The minimum Gasteiger partial charge on any atom is -0.468 e. The summed E-state index contributed by atoms with van der Waals surface area (Å²) in [6.07, 6.45) is -0.406. The second-order valence-electron chi connectivity index (χ2n) is 6.49. The molecule has 5 nitrogen and oxygen atoms in total. The number of carbonyl (C=O) groups excluding carboxylic acids is 2. The van der Waals surface area contributed by atoms with Crippen LogP contribution in [0.25, 0.3) is 0 Å². The van der Waals surface area contributed by atoms with Gasteiger partial charge in [0, 0.05) is 4.83 Å². The van der Waals surface area contributed by atoms with Gasteiger partial charge in [0.05, 0.1) is 29.9 Å². The Labute approximate surface area is 156 Å². The molecule has 0 unspecified atom stereocenters. The molecule has 7 heteroatoms. The Balaban J connectivity index is 2.01. The van der Waals surface area contributed by atoms with Crippen molar-refractivity contribution in [2.75, 3.05) is 13.7 Å². The Morgan fingerprint density at radius 3 is 2.67 bits per heavy atom. The van der Waals surface area contributed by atoms with Crippen molar-refractivity contribution < 1.29 is 23.8 Å². The van der Waals surface area contributed by atoms with Crippen LogP contribution in [-0.2, 0) is 29.2 Å². The maximum Gasteiger partial charge on any atom is 0.320 e. The van der Waals surface area contributed by atoms with Crippen molar-refractivity contribution in [1.82, 2.24) is 0 Å². The van der Waals surface area contributed by atoms with Crippen molar-refractivity contribution in [3.63, 3.8) is 0 Å². The second-order valence-corrected chi connectivity index (χ2v) is 8.58. The second kappa shape index (κ2) is 5.54. The summed E-state index contributed by atoms with van der Waals surface area (Å²) in [6, 6.07) is 9.78. The zero-order chi connectivity index (χ0) is 17.1. The van der Waals surface area contributed by atoms with Crippen molar-refractivity contribution in [2.45, 2.75) is 27.8 Å². The number of hydrogen-bond donors (Lipinski definition) is 0. The van der Waals surface area contributed by atoms with E-state index in [-0.39, 0.29) is 17.4 Å². The Kier molecular flexibility index (Phi) is 3.82. The maximum absolute atomic E-state index is 13.1. The molecule has 1 aliphatic carbocycles. The first kappa shape index (κ1) is 16.5. The van der Waals surface area contributed by atoms with Gasteiger partial charge in [-0.2, -0.15) is 0 Å². The summed E-state index contributed by atoms with van der Waals surface area (Å²) in [6.45, 7) is 0.273. The minimum atomic E-state index is -1.13. The average Bonchev–Trinajstić information content (AvgIpc) is 2.97. The zero-order valence-electron chi connectivity index (χ0n) is 12.9. The number of methoxy groups -OCH3 is 1. The quantitative estimate of drug-likeness (QED) is 0.502. The van der Waals surface area contributed by atoms with Crippen LogP contribution in [0.2, 0.25) is 0 Å². The molecule has 24 heavy (non-hydrogen) atoms. The molecule has 0 N–H and O–H groups in total. The van der Waals surface area contributed by atoms with E-state index in [1.807, 2.05) is 30.3 Å². The zero-order valence-corrected chi connectivity index (χ0v) is 16.1. The molecule has 0 radical (unpaired) electrons. The molecule has 6 atom stereocenters. The van der Waals surface area contributed by atoms with Crippen molar-refractivity contribution >= 4 is 43.8 Å². The Morgan fingerprint density at radius 1 is 1.29 bits per heavy atom. The molecule has 2 aliphatic heterocycles. The number of benzene rings is 1. The summed E-state index contributed by atoms with van der Waals surface area (Å²) in [7, 11) is 1.36. The van der Waals surface area contributed by atoms with E-state index in [2.05, 4.69) is 31.9 Å². The summed E-state index contributed by atoms with van der Waals surface area (Å²) in [5.74, 6) is -1.19. The minimum absolute atomic E-state index is 0.122. The lowest BCUT2D eigenvalue weighted by molar-refractivity contribution is -0.221. The SMILES string of the molecule is COC(=O)[C@]12[C@@H]3OC[C@@]1(c1ccccc1)[C@@H](Br)C[C@@H](C(=O)O3)[C@H]2Br. The van der Waals surface area contributed by atoms with Crippen molar-refractivity contribution in [1.29, 1.82) is 0 Å². The molecule has 3 aliphatic rings. The Bertz CT molecular complexity index is 695. The molecule has 0 spiro atoms. The fourth-order valence-electron chi connectivity index (χ4n) is 4.59. The van der Waals surface area contributed by atoms with E-state index in [0.29, 0.717) is 6.42 Å². The highest BCUT2D eigenvalue weighted by atomic mass is 79.9. The van der Waals surface area contributed by atoms with Gasteiger partial charge in [-0.05, 0) is 12.0 Å². The first-order chi connectivity index (χ1) is 11.5. The molecule has 3 fully saturated rings. The normalized spacial score (nSPS) is 43.2. The molecule has 2 bridgehead atoms. The van der Waals surface area contributed by atoms with Gasteiger partial charge in [-0.3, -0.25) is 9.59 Å². The number of esters is 2. The van der Waals surface area contributed by atoms with Crippen LogP contribution in [0.1, 0.15) is 12.0 Å². The fraction of sp³-hybridized carbons (Fsp3) is 0.529.